The molecule has 6 nitrogen and oxygen atoms in total. The van der Waals surface area contributed by atoms with Crippen molar-refractivity contribution in [1.82, 2.24) is 9.88 Å². The predicted molar refractivity (Wildman–Crippen MR) is 72.6 cm³/mol. The van der Waals surface area contributed by atoms with Gasteiger partial charge in [-0.15, -0.1) is 11.3 Å². The summed E-state index contributed by atoms with van der Waals surface area (Å²) in [6.45, 7) is 2.08. The van der Waals surface area contributed by atoms with Crippen molar-refractivity contribution in [2.45, 2.75) is 31.7 Å². The van der Waals surface area contributed by atoms with E-state index in [0.717, 1.165) is 12.8 Å². The predicted octanol–water partition coefficient (Wildman–Crippen LogP) is 1.65. The van der Waals surface area contributed by atoms with Crippen molar-refractivity contribution in [2.24, 2.45) is 0 Å². The summed E-state index contributed by atoms with van der Waals surface area (Å²) < 4.78 is 0. The first kappa shape index (κ1) is 13.8. The van der Waals surface area contributed by atoms with Gasteiger partial charge in [-0.2, -0.15) is 0 Å². The molecule has 0 bridgehead atoms. The average molecular weight is 283 g/mol. The highest BCUT2D eigenvalue weighted by Gasteiger charge is 2.44. The summed E-state index contributed by atoms with van der Waals surface area (Å²) in [7, 11) is 1.73. The fourth-order valence-electron chi connectivity index (χ4n) is 2.29. The summed E-state index contributed by atoms with van der Waals surface area (Å²) in [5, 5.41) is 14.6. The molecule has 1 amide bonds. The number of carbonyl (C=O) groups excluding carboxylic acids is 1. The molecule has 0 unspecified atom stereocenters. The van der Waals surface area contributed by atoms with E-state index >= 15 is 0 Å². The highest BCUT2D eigenvalue weighted by molar-refractivity contribution is 7.13. The lowest BCUT2D eigenvalue weighted by Gasteiger charge is -2.41. The molecule has 1 aliphatic heterocycles. The van der Waals surface area contributed by atoms with Gasteiger partial charge in [0, 0.05) is 19.0 Å². The highest BCUT2D eigenvalue weighted by Crippen LogP contribution is 2.30. The number of rotatable bonds is 3. The number of carbonyl (C=O) groups is 2. The van der Waals surface area contributed by atoms with Gasteiger partial charge in [0.15, 0.2) is 5.13 Å². The van der Waals surface area contributed by atoms with Gasteiger partial charge in [-0.3, -0.25) is 4.79 Å². The first-order valence-corrected chi connectivity index (χ1v) is 7.05. The summed E-state index contributed by atoms with van der Waals surface area (Å²) in [4.78, 5) is 29.5. The molecule has 2 rings (SSSR count). The summed E-state index contributed by atoms with van der Waals surface area (Å²) in [5.41, 5.74) is -0.817. The molecule has 104 valence electrons. The second kappa shape index (κ2) is 5.16. The molecule has 19 heavy (non-hydrogen) atoms. The van der Waals surface area contributed by atoms with E-state index in [0.29, 0.717) is 23.8 Å². The van der Waals surface area contributed by atoms with Gasteiger partial charge in [-0.25, -0.2) is 9.78 Å². The number of carboxylic acids is 1. The van der Waals surface area contributed by atoms with E-state index in [1.165, 1.54) is 16.2 Å². The van der Waals surface area contributed by atoms with Crippen molar-refractivity contribution in [3.63, 3.8) is 0 Å². The van der Waals surface area contributed by atoms with E-state index in [1.807, 2.05) is 0 Å². The first-order valence-electron chi connectivity index (χ1n) is 6.17. The topological polar surface area (TPSA) is 82.5 Å². The van der Waals surface area contributed by atoms with Crippen molar-refractivity contribution in [1.29, 1.82) is 0 Å². The van der Waals surface area contributed by atoms with Crippen LogP contribution in [0.4, 0.5) is 5.13 Å². The highest BCUT2D eigenvalue weighted by atomic mass is 32.1. The largest absolute Gasteiger partial charge is 0.480 e. The van der Waals surface area contributed by atoms with Crippen LogP contribution in [-0.2, 0) is 4.79 Å². The minimum atomic E-state index is -1.13. The fraction of sp³-hybridized carbons (Fsp3) is 0.583. The maximum absolute atomic E-state index is 12.4. The number of nitrogens with zero attached hydrogens (tertiary/aromatic N) is 2. The Bertz CT molecular complexity index is 502. The molecular weight excluding hydrogens is 266 g/mol. The quantitative estimate of drug-likeness (QED) is 0.881. The van der Waals surface area contributed by atoms with Gasteiger partial charge >= 0.3 is 5.97 Å². The zero-order chi connectivity index (χ0) is 14.0. The Kier molecular flexibility index (Phi) is 3.75. The average Bonchev–Trinajstić information content (AvgIpc) is 2.87. The number of anilines is 1. The van der Waals surface area contributed by atoms with Crippen LogP contribution in [-0.4, -0.2) is 46.0 Å². The van der Waals surface area contributed by atoms with Crippen LogP contribution >= 0.6 is 11.3 Å². The van der Waals surface area contributed by atoms with E-state index in [4.69, 9.17) is 0 Å². The number of hydrogen-bond donors (Lipinski definition) is 2. The standard InChI is InChI=1S/C12H17N3O3S/c1-12(10(17)18)5-3-4-6-15(12)9(16)8-7-19-11(13-2)14-8/h7H,3-6H2,1-2H3,(H,13,14)(H,17,18)/t12-/m0/s1. The molecule has 1 fully saturated rings. The molecule has 1 aromatic rings. The molecule has 7 heteroatoms. The molecule has 0 spiro atoms. The third kappa shape index (κ3) is 2.42. The van der Waals surface area contributed by atoms with E-state index in [-0.39, 0.29) is 5.91 Å². The Morgan fingerprint density at radius 2 is 2.26 bits per heavy atom. The number of thiazole rings is 1. The van der Waals surface area contributed by atoms with Crippen molar-refractivity contribution < 1.29 is 14.7 Å². The smallest absolute Gasteiger partial charge is 0.329 e. The third-order valence-corrected chi connectivity index (χ3v) is 4.39. The van der Waals surface area contributed by atoms with Gasteiger partial charge in [0.25, 0.3) is 5.91 Å². The minimum absolute atomic E-state index is 0.303. The van der Waals surface area contributed by atoms with Crippen LogP contribution in [0.5, 0.6) is 0 Å². The molecule has 1 aliphatic rings. The Morgan fingerprint density at radius 1 is 1.53 bits per heavy atom. The number of amides is 1. The number of nitrogens with one attached hydrogen (secondary N) is 1. The number of aromatic nitrogens is 1. The number of likely N-dealkylation sites (tertiary alicyclic amines) is 1. The lowest BCUT2D eigenvalue weighted by Crippen LogP contribution is -2.57. The van der Waals surface area contributed by atoms with Gasteiger partial charge in [0.2, 0.25) is 0 Å². The minimum Gasteiger partial charge on any atom is -0.480 e. The fourth-order valence-corrected chi connectivity index (χ4v) is 2.94. The van der Waals surface area contributed by atoms with Crippen LogP contribution in [0.25, 0.3) is 0 Å². The van der Waals surface area contributed by atoms with E-state index in [2.05, 4.69) is 10.3 Å². The van der Waals surface area contributed by atoms with E-state index in [9.17, 15) is 14.7 Å². The van der Waals surface area contributed by atoms with Crippen molar-refractivity contribution in [3.8, 4) is 0 Å². The van der Waals surface area contributed by atoms with Gasteiger partial charge in [0.1, 0.15) is 11.2 Å². The van der Waals surface area contributed by atoms with Crippen LogP contribution in [0.3, 0.4) is 0 Å². The summed E-state index contributed by atoms with van der Waals surface area (Å²) in [6.07, 6.45) is 2.14. The Balaban J connectivity index is 2.27. The van der Waals surface area contributed by atoms with Crippen molar-refractivity contribution in [3.05, 3.63) is 11.1 Å². The Morgan fingerprint density at radius 3 is 2.84 bits per heavy atom. The van der Waals surface area contributed by atoms with E-state index in [1.54, 1.807) is 19.4 Å². The van der Waals surface area contributed by atoms with Crippen molar-refractivity contribution in [2.75, 3.05) is 18.9 Å². The molecule has 2 heterocycles. The van der Waals surface area contributed by atoms with Crippen molar-refractivity contribution >= 4 is 28.3 Å². The van der Waals surface area contributed by atoms with Crippen LogP contribution in [0, 0.1) is 0 Å². The number of hydrogen-bond acceptors (Lipinski definition) is 5. The van der Waals surface area contributed by atoms with Gasteiger partial charge in [0.05, 0.1) is 0 Å². The lowest BCUT2D eigenvalue weighted by atomic mass is 9.88. The number of carboxylic acid groups (broad SMARTS) is 1. The molecule has 1 atom stereocenters. The van der Waals surface area contributed by atoms with Crippen LogP contribution in [0.15, 0.2) is 5.38 Å². The maximum Gasteiger partial charge on any atom is 0.329 e. The SMILES string of the molecule is CNc1nc(C(=O)N2CCCC[C@@]2(C)C(=O)O)cs1. The molecule has 1 saturated heterocycles. The van der Waals surface area contributed by atoms with Gasteiger partial charge in [-0.1, -0.05) is 0 Å². The van der Waals surface area contributed by atoms with Crippen LogP contribution < -0.4 is 5.32 Å². The lowest BCUT2D eigenvalue weighted by molar-refractivity contribution is -0.150. The molecule has 0 saturated carbocycles. The van der Waals surface area contributed by atoms with Gasteiger partial charge < -0.3 is 15.3 Å². The van der Waals surface area contributed by atoms with Crippen LogP contribution in [0.1, 0.15) is 36.7 Å². The number of piperidine rings is 1. The molecular formula is C12H17N3O3S. The molecule has 0 radical (unpaired) electrons. The molecule has 1 aromatic heterocycles. The zero-order valence-corrected chi connectivity index (χ0v) is 11.8. The summed E-state index contributed by atoms with van der Waals surface area (Å²) in [5.74, 6) is -1.26. The second-order valence-corrected chi connectivity index (χ2v) is 5.64. The molecule has 2 N–H and O–H groups in total. The second-order valence-electron chi connectivity index (χ2n) is 4.78. The van der Waals surface area contributed by atoms with Gasteiger partial charge in [-0.05, 0) is 26.2 Å². The molecule has 0 aromatic carbocycles. The monoisotopic (exact) mass is 283 g/mol. The summed E-state index contributed by atoms with van der Waals surface area (Å²) >= 11 is 1.33. The summed E-state index contributed by atoms with van der Waals surface area (Å²) in [6, 6.07) is 0. The van der Waals surface area contributed by atoms with Crippen LogP contribution in [0.2, 0.25) is 0 Å². The van der Waals surface area contributed by atoms with E-state index < -0.39 is 11.5 Å². The Labute approximate surface area is 115 Å². The normalized spacial score (nSPS) is 23.2. The third-order valence-electron chi connectivity index (χ3n) is 3.53. The maximum atomic E-state index is 12.4. The first-order chi connectivity index (χ1) is 8.99. The zero-order valence-electron chi connectivity index (χ0n) is 11.0. The molecule has 0 aliphatic carbocycles. The number of aliphatic carboxylic acids is 1. The Hall–Kier alpha value is -1.63.